The minimum atomic E-state index is 0.228. The zero-order chi connectivity index (χ0) is 16.2. The predicted octanol–water partition coefficient (Wildman–Crippen LogP) is 3.88. The molecule has 0 bridgehead atoms. The number of hydrogen-bond acceptors (Lipinski definition) is 4. The fourth-order valence-electron chi connectivity index (χ4n) is 2.46. The van der Waals surface area contributed by atoms with E-state index in [0.29, 0.717) is 5.56 Å². The van der Waals surface area contributed by atoms with Crippen LogP contribution in [0, 0.1) is 11.3 Å². The van der Waals surface area contributed by atoms with Gasteiger partial charge in [0.05, 0.1) is 12.8 Å². The van der Waals surface area contributed by atoms with Crippen molar-refractivity contribution in [3.63, 3.8) is 0 Å². The average Bonchev–Trinajstić information content (AvgIpc) is 2.61. The summed E-state index contributed by atoms with van der Waals surface area (Å²) in [7, 11) is 1.61. The van der Waals surface area contributed by atoms with Crippen molar-refractivity contribution >= 4 is 5.82 Å². The first-order chi connectivity index (χ1) is 11.2. The van der Waals surface area contributed by atoms with Gasteiger partial charge in [0.15, 0.2) is 0 Å². The van der Waals surface area contributed by atoms with E-state index in [1.54, 1.807) is 7.11 Å². The summed E-state index contributed by atoms with van der Waals surface area (Å²) >= 11 is 0. The summed E-state index contributed by atoms with van der Waals surface area (Å²) in [4.78, 5) is 4.37. The van der Waals surface area contributed by atoms with Crippen molar-refractivity contribution in [3.05, 3.63) is 66.2 Å². The van der Waals surface area contributed by atoms with Crippen molar-refractivity contribution in [2.45, 2.75) is 0 Å². The Morgan fingerprint density at radius 3 is 2.43 bits per heavy atom. The Labute approximate surface area is 134 Å². The van der Waals surface area contributed by atoms with Gasteiger partial charge in [0.25, 0.3) is 0 Å². The molecule has 1 heterocycles. The van der Waals surface area contributed by atoms with Crippen molar-refractivity contribution in [2.75, 3.05) is 12.8 Å². The second kappa shape index (κ2) is 6.20. The molecule has 0 fully saturated rings. The Hall–Kier alpha value is -3.32. The number of nitriles is 1. The number of ether oxygens (including phenoxy) is 1. The van der Waals surface area contributed by atoms with E-state index >= 15 is 0 Å². The lowest BCUT2D eigenvalue weighted by atomic mass is 9.98. The number of nitrogens with two attached hydrogens (primary N) is 1. The van der Waals surface area contributed by atoms with Crippen LogP contribution in [-0.2, 0) is 0 Å². The highest BCUT2D eigenvalue weighted by molar-refractivity contribution is 5.80. The normalized spacial score (nSPS) is 10.1. The highest BCUT2D eigenvalue weighted by atomic mass is 16.5. The zero-order valence-electron chi connectivity index (χ0n) is 12.7. The molecule has 112 valence electrons. The minimum Gasteiger partial charge on any atom is -0.497 e. The van der Waals surface area contributed by atoms with Crippen LogP contribution in [0.1, 0.15) is 5.56 Å². The van der Waals surface area contributed by atoms with E-state index < -0.39 is 0 Å². The van der Waals surface area contributed by atoms with Crippen LogP contribution in [0.5, 0.6) is 5.75 Å². The van der Waals surface area contributed by atoms with Crippen LogP contribution in [0.4, 0.5) is 5.82 Å². The molecule has 3 rings (SSSR count). The molecule has 0 amide bonds. The summed E-state index contributed by atoms with van der Waals surface area (Å²) in [6.45, 7) is 0. The molecule has 0 atom stereocenters. The van der Waals surface area contributed by atoms with E-state index in [2.05, 4.69) is 11.1 Å². The van der Waals surface area contributed by atoms with Crippen LogP contribution < -0.4 is 10.5 Å². The topological polar surface area (TPSA) is 71.9 Å². The van der Waals surface area contributed by atoms with E-state index in [9.17, 15) is 5.26 Å². The molecule has 0 spiro atoms. The molecule has 0 aliphatic heterocycles. The molecule has 2 aromatic carbocycles. The van der Waals surface area contributed by atoms with Gasteiger partial charge in [0.2, 0.25) is 0 Å². The van der Waals surface area contributed by atoms with Gasteiger partial charge >= 0.3 is 0 Å². The first-order valence-electron chi connectivity index (χ1n) is 7.13. The minimum absolute atomic E-state index is 0.228. The molecule has 0 radical (unpaired) electrons. The molecule has 0 saturated heterocycles. The molecule has 3 aromatic rings. The van der Waals surface area contributed by atoms with Crippen LogP contribution in [0.15, 0.2) is 60.7 Å². The maximum Gasteiger partial charge on any atom is 0.142 e. The summed E-state index contributed by atoms with van der Waals surface area (Å²) in [5.41, 5.74) is 9.69. The number of aromatic nitrogens is 1. The molecule has 4 heteroatoms. The molecule has 23 heavy (non-hydrogen) atoms. The molecule has 0 unspecified atom stereocenters. The number of nitrogens with zero attached hydrogens (tertiary/aromatic N) is 2. The van der Waals surface area contributed by atoms with Gasteiger partial charge in [-0.2, -0.15) is 5.26 Å². The number of rotatable bonds is 3. The molecule has 0 aliphatic rings. The third kappa shape index (κ3) is 2.85. The second-order valence-electron chi connectivity index (χ2n) is 5.03. The van der Waals surface area contributed by atoms with E-state index in [1.807, 2.05) is 60.7 Å². The number of hydrogen-bond donors (Lipinski definition) is 1. The van der Waals surface area contributed by atoms with Crippen LogP contribution in [-0.4, -0.2) is 12.1 Å². The fraction of sp³-hybridized carbons (Fsp3) is 0.0526. The van der Waals surface area contributed by atoms with Crippen molar-refractivity contribution in [1.29, 1.82) is 5.26 Å². The Morgan fingerprint density at radius 2 is 1.74 bits per heavy atom. The van der Waals surface area contributed by atoms with Crippen molar-refractivity contribution in [2.24, 2.45) is 0 Å². The molecule has 1 aromatic heterocycles. The zero-order valence-corrected chi connectivity index (χ0v) is 12.7. The van der Waals surface area contributed by atoms with Gasteiger partial charge in [-0.3, -0.25) is 0 Å². The molecule has 4 nitrogen and oxygen atoms in total. The van der Waals surface area contributed by atoms with Gasteiger partial charge in [0, 0.05) is 11.1 Å². The van der Waals surface area contributed by atoms with Crippen LogP contribution >= 0.6 is 0 Å². The summed E-state index contributed by atoms with van der Waals surface area (Å²) < 4.78 is 5.27. The molecular weight excluding hydrogens is 286 g/mol. The van der Waals surface area contributed by atoms with Crippen molar-refractivity contribution < 1.29 is 4.74 Å². The van der Waals surface area contributed by atoms with Crippen LogP contribution in [0.25, 0.3) is 22.4 Å². The van der Waals surface area contributed by atoms with E-state index in [-0.39, 0.29) is 5.82 Å². The lowest BCUT2D eigenvalue weighted by Gasteiger charge is -2.11. The molecule has 2 N–H and O–H groups in total. The Morgan fingerprint density at radius 1 is 1.00 bits per heavy atom. The average molecular weight is 301 g/mol. The highest BCUT2D eigenvalue weighted by Crippen LogP contribution is 2.32. The summed E-state index contributed by atoms with van der Waals surface area (Å²) in [6.07, 6.45) is 0. The van der Waals surface area contributed by atoms with Crippen LogP contribution in [0.2, 0.25) is 0 Å². The van der Waals surface area contributed by atoms with Crippen molar-refractivity contribution in [3.8, 4) is 34.2 Å². The van der Waals surface area contributed by atoms with Gasteiger partial charge in [-0.1, -0.05) is 42.5 Å². The van der Waals surface area contributed by atoms with Gasteiger partial charge in [0.1, 0.15) is 23.2 Å². The van der Waals surface area contributed by atoms with Gasteiger partial charge in [-0.15, -0.1) is 0 Å². The summed E-state index contributed by atoms with van der Waals surface area (Å²) in [6, 6.07) is 21.3. The molecular formula is C19H15N3O. The SMILES string of the molecule is COc1cccc(-c2cc(-c3ccccc3)nc(N)c2C#N)c1. The highest BCUT2D eigenvalue weighted by Gasteiger charge is 2.13. The lowest BCUT2D eigenvalue weighted by molar-refractivity contribution is 0.415. The van der Waals surface area contributed by atoms with Crippen LogP contribution in [0.3, 0.4) is 0 Å². The fourth-order valence-corrected chi connectivity index (χ4v) is 2.46. The first-order valence-corrected chi connectivity index (χ1v) is 7.13. The third-order valence-corrected chi connectivity index (χ3v) is 3.61. The smallest absolute Gasteiger partial charge is 0.142 e. The van der Waals surface area contributed by atoms with Gasteiger partial charge in [-0.25, -0.2) is 4.98 Å². The lowest BCUT2D eigenvalue weighted by Crippen LogP contribution is -1.99. The Kier molecular flexibility index (Phi) is 3.94. The monoisotopic (exact) mass is 301 g/mol. The van der Waals surface area contributed by atoms with Gasteiger partial charge in [-0.05, 0) is 23.8 Å². The number of nitrogen functional groups attached to an aromatic ring is 1. The first kappa shape index (κ1) is 14.6. The maximum absolute atomic E-state index is 9.45. The summed E-state index contributed by atoms with van der Waals surface area (Å²) in [5, 5.41) is 9.45. The van der Waals surface area contributed by atoms with Gasteiger partial charge < -0.3 is 10.5 Å². The second-order valence-corrected chi connectivity index (χ2v) is 5.03. The third-order valence-electron chi connectivity index (χ3n) is 3.61. The number of methoxy groups -OCH3 is 1. The number of anilines is 1. The Balaban J connectivity index is 2.22. The predicted molar refractivity (Wildman–Crippen MR) is 90.8 cm³/mol. The molecule has 0 aliphatic carbocycles. The van der Waals surface area contributed by atoms with E-state index in [4.69, 9.17) is 10.5 Å². The Bertz CT molecular complexity index is 883. The standard InChI is InChI=1S/C19H15N3O/c1-23-15-9-5-8-14(10-15)16-11-18(13-6-3-2-4-7-13)22-19(21)17(16)12-20/h2-11H,1H3,(H2,21,22). The molecule has 0 saturated carbocycles. The number of pyridine rings is 1. The van der Waals surface area contributed by atoms with E-state index in [1.165, 1.54) is 0 Å². The van der Waals surface area contributed by atoms with E-state index in [0.717, 1.165) is 28.1 Å². The maximum atomic E-state index is 9.45. The van der Waals surface area contributed by atoms with Crippen molar-refractivity contribution in [1.82, 2.24) is 4.98 Å². The largest absolute Gasteiger partial charge is 0.497 e. The number of benzene rings is 2. The summed E-state index contributed by atoms with van der Waals surface area (Å²) in [5.74, 6) is 0.953. The quantitative estimate of drug-likeness (QED) is 0.797.